The molecule has 0 aliphatic rings. The number of hydrogen-bond donors (Lipinski definition) is 3. The number of nitrogen functional groups attached to an aromatic ring is 1. The number of rotatable bonds is 6. The molecule has 1 atom stereocenters. The van der Waals surface area contributed by atoms with Gasteiger partial charge in [-0.15, -0.1) is 0 Å². The topological polar surface area (TPSA) is 106 Å². The van der Waals surface area contributed by atoms with Crippen LogP contribution in [-0.2, 0) is 0 Å². The SMILES string of the molecule is CC(C)CC(C)Nc1cc([N+](=O)[O-])cc(NN)n1. The van der Waals surface area contributed by atoms with Gasteiger partial charge in [0.2, 0.25) is 0 Å². The third kappa shape index (κ3) is 4.17. The van der Waals surface area contributed by atoms with Gasteiger partial charge in [0.25, 0.3) is 5.69 Å². The fourth-order valence-electron chi connectivity index (χ4n) is 1.79. The number of nitro groups is 1. The highest BCUT2D eigenvalue weighted by Crippen LogP contribution is 2.21. The van der Waals surface area contributed by atoms with Crippen LogP contribution < -0.4 is 16.6 Å². The van der Waals surface area contributed by atoms with E-state index in [4.69, 9.17) is 5.84 Å². The second-order valence-corrected chi connectivity index (χ2v) is 4.67. The molecule has 1 unspecified atom stereocenters. The summed E-state index contributed by atoms with van der Waals surface area (Å²) in [5.74, 6) is 6.49. The number of nitrogens with zero attached hydrogens (tertiary/aromatic N) is 2. The lowest BCUT2D eigenvalue weighted by molar-refractivity contribution is -0.384. The minimum absolute atomic E-state index is 0.0443. The molecule has 18 heavy (non-hydrogen) atoms. The Balaban J connectivity index is 2.87. The van der Waals surface area contributed by atoms with Crippen LogP contribution in [0.4, 0.5) is 17.3 Å². The minimum atomic E-state index is -0.471. The van der Waals surface area contributed by atoms with Gasteiger partial charge in [0, 0.05) is 6.04 Å². The zero-order valence-electron chi connectivity index (χ0n) is 10.8. The third-order valence-electron chi connectivity index (χ3n) is 2.39. The number of hydrazine groups is 1. The van der Waals surface area contributed by atoms with Crippen LogP contribution in [-0.4, -0.2) is 15.9 Å². The highest BCUT2D eigenvalue weighted by molar-refractivity contribution is 5.54. The zero-order chi connectivity index (χ0) is 13.7. The van der Waals surface area contributed by atoms with E-state index in [1.165, 1.54) is 12.1 Å². The van der Waals surface area contributed by atoms with Gasteiger partial charge in [-0.2, -0.15) is 0 Å². The van der Waals surface area contributed by atoms with E-state index in [-0.39, 0.29) is 17.5 Å². The van der Waals surface area contributed by atoms with Gasteiger partial charge in [-0.3, -0.25) is 10.1 Å². The molecule has 1 aromatic heterocycles. The van der Waals surface area contributed by atoms with Gasteiger partial charge >= 0.3 is 0 Å². The van der Waals surface area contributed by atoms with Crippen LogP contribution >= 0.6 is 0 Å². The highest BCUT2D eigenvalue weighted by Gasteiger charge is 2.12. The summed E-state index contributed by atoms with van der Waals surface area (Å²) in [5.41, 5.74) is 2.28. The van der Waals surface area contributed by atoms with E-state index in [9.17, 15) is 10.1 Å². The third-order valence-corrected chi connectivity index (χ3v) is 2.39. The molecular weight excluding hydrogens is 234 g/mol. The molecule has 0 fully saturated rings. The van der Waals surface area contributed by atoms with E-state index in [0.29, 0.717) is 11.7 Å². The van der Waals surface area contributed by atoms with Crippen LogP contribution in [0.3, 0.4) is 0 Å². The Morgan fingerprint density at radius 3 is 2.50 bits per heavy atom. The predicted octanol–water partition coefficient (Wildman–Crippen LogP) is 2.12. The first-order chi connectivity index (χ1) is 8.42. The molecule has 1 heterocycles. The summed E-state index contributed by atoms with van der Waals surface area (Å²) >= 11 is 0. The highest BCUT2D eigenvalue weighted by atomic mass is 16.6. The molecule has 0 amide bonds. The molecule has 0 bridgehead atoms. The number of hydrogen-bond acceptors (Lipinski definition) is 6. The Morgan fingerprint density at radius 2 is 2.00 bits per heavy atom. The van der Waals surface area contributed by atoms with Crippen molar-refractivity contribution in [1.82, 2.24) is 4.98 Å². The molecule has 7 nitrogen and oxygen atoms in total. The average molecular weight is 253 g/mol. The van der Waals surface area contributed by atoms with Crippen molar-refractivity contribution in [2.75, 3.05) is 10.7 Å². The van der Waals surface area contributed by atoms with Crippen molar-refractivity contribution >= 4 is 17.3 Å². The van der Waals surface area contributed by atoms with Crippen molar-refractivity contribution in [1.29, 1.82) is 0 Å². The lowest BCUT2D eigenvalue weighted by Gasteiger charge is -2.16. The van der Waals surface area contributed by atoms with Gasteiger partial charge in [-0.05, 0) is 19.3 Å². The van der Waals surface area contributed by atoms with Crippen molar-refractivity contribution < 1.29 is 4.92 Å². The number of pyridine rings is 1. The molecule has 0 saturated carbocycles. The first-order valence-corrected chi connectivity index (χ1v) is 5.82. The Hall–Kier alpha value is -1.89. The van der Waals surface area contributed by atoms with Gasteiger partial charge in [0.1, 0.15) is 11.6 Å². The maximum Gasteiger partial charge on any atom is 0.276 e. The largest absolute Gasteiger partial charge is 0.367 e. The minimum Gasteiger partial charge on any atom is -0.367 e. The van der Waals surface area contributed by atoms with Crippen LogP contribution in [0.1, 0.15) is 27.2 Å². The van der Waals surface area contributed by atoms with E-state index in [1.807, 2.05) is 6.92 Å². The summed E-state index contributed by atoms with van der Waals surface area (Å²) < 4.78 is 0. The summed E-state index contributed by atoms with van der Waals surface area (Å²) in [6, 6.07) is 2.88. The first-order valence-electron chi connectivity index (χ1n) is 5.82. The Labute approximate surface area is 106 Å². The molecule has 0 aromatic carbocycles. The Morgan fingerprint density at radius 1 is 1.39 bits per heavy atom. The molecule has 0 spiro atoms. The molecule has 0 aliphatic carbocycles. The molecule has 1 rings (SSSR count). The van der Waals surface area contributed by atoms with Crippen molar-refractivity contribution in [3.05, 3.63) is 22.2 Å². The van der Waals surface area contributed by atoms with E-state index in [0.717, 1.165) is 6.42 Å². The molecule has 4 N–H and O–H groups in total. The second-order valence-electron chi connectivity index (χ2n) is 4.67. The molecule has 0 saturated heterocycles. The predicted molar refractivity (Wildman–Crippen MR) is 71.2 cm³/mol. The summed E-state index contributed by atoms with van der Waals surface area (Å²) in [6.45, 7) is 6.24. The lowest BCUT2D eigenvalue weighted by Crippen LogP contribution is -2.19. The van der Waals surface area contributed by atoms with Gasteiger partial charge in [0.05, 0.1) is 17.1 Å². The number of anilines is 2. The first kappa shape index (κ1) is 14.2. The van der Waals surface area contributed by atoms with Crippen LogP contribution in [0.2, 0.25) is 0 Å². The van der Waals surface area contributed by atoms with Crippen molar-refractivity contribution in [2.24, 2.45) is 11.8 Å². The number of nitrogens with two attached hydrogens (primary N) is 1. The summed E-state index contributed by atoms with van der Waals surface area (Å²) in [7, 11) is 0. The van der Waals surface area contributed by atoms with Gasteiger partial charge in [-0.25, -0.2) is 10.8 Å². The molecule has 100 valence electrons. The summed E-state index contributed by atoms with van der Waals surface area (Å²) in [6.07, 6.45) is 0.954. The van der Waals surface area contributed by atoms with Crippen molar-refractivity contribution in [2.45, 2.75) is 33.2 Å². The van der Waals surface area contributed by atoms with Gasteiger partial charge in [0.15, 0.2) is 0 Å². The monoisotopic (exact) mass is 253 g/mol. The smallest absolute Gasteiger partial charge is 0.276 e. The number of aromatic nitrogens is 1. The van der Waals surface area contributed by atoms with Gasteiger partial charge in [-0.1, -0.05) is 13.8 Å². The van der Waals surface area contributed by atoms with Crippen molar-refractivity contribution in [3.63, 3.8) is 0 Å². The van der Waals surface area contributed by atoms with Crippen LogP contribution in [0, 0.1) is 16.0 Å². The second kappa shape index (κ2) is 6.15. The van der Waals surface area contributed by atoms with Crippen molar-refractivity contribution in [3.8, 4) is 0 Å². The normalized spacial score (nSPS) is 12.3. The van der Waals surface area contributed by atoms with Gasteiger partial charge < -0.3 is 10.7 Å². The van der Waals surface area contributed by atoms with E-state index in [2.05, 4.69) is 29.6 Å². The molecule has 0 aliphatic heterocycles. The molecule has 1 aromatic rings. The van der Waals surface area contributed by atoms with E-state index < -0.39 is 4.92 Å². The lowest BCUT2D eigenvalue weighted by atomic mass is 10.1. The standard InChI is InChI=1S/C11H19N5O2/c1-7(2)4-8(3)13-10-5-9(16(17)18)6-11(14-10)15-12/h5-8H,4,12H2,1-3H3,(H2,13,14,15). The molecule has 0 radical (unpaired) electrons. The zero-order valence-corrected chi connectivity index (χ0v) is 10.8. The van der Waals surface area contributed by atoms with E-state index in [1.54, 1.807) is 0 Å². The summed E-state index contributed by atoms with van der Waals surface area (Å²) in [4.78, 5) is 14.4. The van der Waals surface area contributed by atoms with E-state index >= 15 is 0 Å². The Kier molecular flexibility index (Phi) is 4.85. The number of nitrogens with one attached hydrogen (secondary N) is 2. The Bertz CT molecular complexity index is 422. The average Bonchev–Trinajstić information content (AvgIpc) is 2.27. The fraction of sp³-hybridized carbons (Fsp3) is 0.545. The van der Waals surface area contributed by atoms with Crippen LogP contribution in [0.25, 0.3) is 0 Å². The maximum atomic E-state index is 10.8. The quantitative estimate of drug-likeness (QED) is 0.407. The summed E-state index contributed by atoms with van der Waals surface area (Å²) in [5, 5.41) is 13.9. The molecular formula is C11H19N5O2. The van der Waals surface area contributed by atoms with Crippen LogP contribution in [0.15, 0.2) is 12.1 Å². The van der Waals surface area contributed by atoms with Crippen LogP contribution in [0.5, 0.6) is 0 Å². The fourth-order valence-corrected chi connectivity index (χ4v) is 1.79. The maximum absolute atomic E-state index is 10.8. The molecule has 7 heteroatoms.